The molecule has 4 N–H and O–H groups in total. The van der Waals surface area contributed by atoms with Crippen molar-refractivity contribution >= 4 is 33.3 Å². The molecule has 0 unspecified atom stereocenters. The molecular formula is C17H20FN7O. The van der Waals surface area contributed by atoms with Gasteiger partial charge in [0.1, 0.15) is 16.9 Å². The summed E-state index contributed by atoms with van der Waals surface area (Å²) in [5, 5.41) is 9.93. The summed E-state index contributed by atoms with van der Waals surface area (Å²) in [6.07, 6.45) is 3.63. The summed E-state index contributed by atoms with van der Waals surface area (Å²) >= 11 is 0. The minimum atomic E-state index is -0.511. The maximum absolute atomic E-state index is 13.7. The van der Waals surface area contributed by atoms with E-state index in [0.29, 0.717) is 11.2 Å². The molecule has 0 saturated heterocycles. The van der Waals surface area contributed by atoms with Crippen molar-refractivity contribution in [1.82, 2.24) is 24.5 Å². The number of halogens is 1. The van der Waals surface area contributed by atoms with Crippen molar-refractivity contribution in [3.63, 3.8) is 0 Å². The van der Waals surface area contributed by atoms with Crippen LogP contribution in [0.3, 0.4) is 0 Å². The molecule has 26 heavy (non-hydrogen) atoms. The van der Waals surface area contributed by atoms with Crippen molar-refractivity contribution in [3.8, 4) is 5.75 Å². The first-order valence-corrected chi connectivity index (χ1v) is 7.82. The summed E-state index contributed by atoms with van der Waals surface area (Å²) in [4.78, 5) is 4.12. The normalized spacial score (nSPS) is 10.8. The molecule has 1 aromatic carbocycles. The Balaban J connectivity index is 0.000000152. The molecule has 0 atom stereocenters. The first-order valence-electron chi connectivity index (χ1n) is 7.82. The van der Waals surface area contributed by atoms with Gasteiger partial charge < -0.3 is 16.2 Å². The smallest absolute Gasteiger partial charge is 0.195 e. The van der Waals surface area contributed by atoms with Crippen LogP contribution in [0.25, 0.3) is 21.8 Å². The molecule has 0 aliphatic rings. The van der Waals surface area contributed by atoms with E-state index in [2.05, 4.69) is 15.2 Å². The molecule has 136 valence electrons. The van der Waals surface area contributed by atoms with E-state index >= 15 is 0 Å². The third kappa shape index (κ3) is 3.10. The summed E-state index contributed by atoms with van der Waals surface area (Å²) in [6, 6.07) is 3.47. The van der Waals surface area contributed by atoms with Gasteiger partial charge in [-0.15, -0.1) is 0 Å². The number of nitrogens with two attached hydrogens (primary N) is 2. The lowest BCUT2D eigenvalue weighted by Crippen LogP contribution is -1.96. The molecule has 3 heterocycles. The van der Waals surface area contributed by atoms with Crippen LogP contribution in [-0.2, 0) is 14.1 Å². The molecule has 0 saturated carbocycles. The highest BCUT2D eigenvalue weighted by Gasteiger charge is 2.14. The van der Waals surface area contributed by atoms with Crippen LogP contribution in [-0.4, -0.2) is 31.7 Å². The van der Waals surface area contributed by atoms with Gasteiger partial charge in [-0.05, 0) is 19.1 Å². The highest BCUT2D eigenvalue weighted by atomic mass is 19.1. The van der Waals surface area contributed by atoms with Gasteiger partial charge >= 0.3 is 0 Å². The molecule has 0 amide bonds. The number of ether oxygens (including phenoxy) is 1. The molecular weight excluding hydrogens is 337 g/mol. The topological polar surface area (TPSA) is 110 Å². The monoisotopic (exact) mass is 357 g/mol. The molecule has 0 bridgehead atoms. The molecule has 0 radical (unpaired) electrons. The van der Waals surface area contributed by atoms with Crippen LogP contribution in [0.15, 0.2) is 24.5 Å². The number of fused-ring (bicyclic) bond motifs is 2. The van der Waals surface area contributed by atoms with Gasteiger partial charge in [-0.3, -0.25) is 9.36 Å². The van der Waals surface area contributed by atoms with E-state index in [9.17, 15) is 4.39 Å². The second-order valence-electron chi connectivity index (χ2n) is 5.93. The Morgan fingerprint density at radius 2 is 1.58 bits per heavy atom. The van der Waals surface area contributed by atoms with E-state index in [1.165, 1.54) is 11.8 Å². The lowest BCUT2D eigenvalue weighted by atomic mass is 10.2. The number of aryl methyl sites for hydroxylation is 3. The molecule has 0 aliphatic carbocycles. The van der Waals surface area contributed by atoms with Crippen LogP contribution in [0.2, 0.25) is 0 Å². The number of aromatic nitrogens is 5. The Bertz CT molecular complexity index is 1100. The maximum atomic E-state index is 13.7. The van der Waals surface area contributed by atoms with Gasteiger partial charge in [-0.2, -0.15) is 10.2 Å². The third-order valence-electron chi connectivity index (χ3n) is 3.84. The van der Waals surface area contributed by atoms with Crippen molar-refractivity contribution in [2.45, 2.75) is 6.92 Å². The first-order chi connectivity index (χ1) is 12.3. The Labute approximate surface area is 149 Å². The van der Waals surface area contributed by atoms with Crippen LogP contribution >= 0.6 is 0 Å². The largest absolute Gasteiger partial charge is 0.492 e. The highest BCUT2D eigenvalue weighted by Crippen LogP contribution is 2.31. The molecule has 9 heteroatoms. The fraction of sp³-hybridized carbons (Fsp3) is 0.235. The van der Waals surface area contributed by atoms with Gasteiger partial charge in [0.2, 0.25) is 0 Å². The van der Waals surface area contributed by atoms with E-state index in [1.54, 1.807) is 24.0 Å². The molecule has 3 aromatic heterocycles. The summed E-state index contributed by atoms with van der Waals surface area (Å²) in [7, 11) is 4.99. The third-order valence-corrected chi connectivity index (χ3v) is 3.84. The number of rotatable bonds is 1. The number of hydrogen-bond donors (Lipinski definition) is 2. The van der Waals surface area contributed by atoms with E-state index < -0.39 is 5.82 Å². The minimum absolute atomic E-state index is 0.0520. The van der Waals surface area contributed by atoms with E-state index in [-0.39, 0.29) is 17.0 Å². The average Bonchev–Trinajstić information content (AvgIpc) is 3.10. The van der Waals surface area contributed by atoms with Gasteiger partial charge in [0.05, 0.1) is 18.5 Å². The number of methoxy groups -OCH3 is 1. The molecule has 0 fully saturated rings. The zero-order valence-corrected chi connectivity index (χ0v) is 15.0. The molecule has 0 aliphatic heterocycles. The zero-order chi connectivity index (χ0) is 19.0. The number of hydrogen-bond acceptors (Lipinski definition) is 6. The standard InChI is InChI=1S/C9H10FN3O.C8H10N4/c1-13-4-5-3-6(11)9(14-2)7(10)8(5)12-13;1-5-8-6(3-7(9)10-5)4-12(2)11-8/h3-4H,11H2,1-2H3;3-4H,9H2,1-2H3. The van der Waals surface area contributed by atoms with Crippen LogP contribution in [0, 0.1) is 12.7 Å². The van der Waals surface area contributed by atoms with Crippen molar-refractivity contribution < 1.29 is 9.13 Å². The molecule has 4 rings (SSSR count). The lowest BCUT2D eigenvalue weighted by molar-refractivity contribution is 0.391. The van der Waals surface area contributed by atoms with Crippen molar-refractivity contribution in [1.29, 1.82) is 0 Å². The van der Waals surface area contributed by atoms with Gasteiger partial charge in [0.15, 0.2) is 11.6 Å². The van der Waals surface area contributed by atoms with Crippen LogP contribution in [0.1, 0.15) is 5.69 Å². The Hall–Kier alpha value is -3.36. The quantitative estimate of drug-likeness (QED) is 0.505. The Morgan fingerprint density at radius 3 is 2.19 bits per heavy atom. The zero-order valence-electron chi connectivity index (χ0n) is 15.0. The molecule has 4 aromatic rings. The summed E-state index contributed by atoms with van der Waals surface area (Å²) < 4.78 is 21.8. The lowest BCUT2D eigenvalue weighted by Gasteiger charge is -2.04. The SMILES string of the molecule is COc1c(N)cc2cn(C)nc2c1F.Cc1nc(N)cc2cn(C)nc12. The van der Waals surface area contributed by atoms with Gasteiger partial charge in [-0.1, -0.05) is 0 Å². The van der Waals surface area contributed by atoms with E-state index in [4.69, 9.17) is 16.2 Å². The van der Waals surface area contributed by atoms with Crippen molar-refractivity contribution in [3.05, 3.63) is 36.0 Å². The summed E-state index contributed by atoms with van der Waals surface area (Å²) in [5.41, 5.74) is 13.6. The van der Waals surface area contributed by atoms with E-state index in [0.717, 1.165) is 16.6 Å². The van der Waals surface area contributed by atoms with Gasteiger partial charge in [0, 0.05) is 37.3 Å². The maximum Gasteiger partial charge on any atom is 0.195 e. The fourth-order valence-electron chi connectivity index (χ4n) is 2.79. The number of pyridine rings is 1. The Morgan fingerprint density at radius 1 is 1.00 bits per heavy atom. The average molecular weight is 357 g/mol. The van der Waals surface area contributed by atoms with Crippen molar-refractivity contribution in [2.75, 3.05) is 18.6 Å². The Kier molecular flexibility index (Phi) is 4.37. The van der Waals surface area contributed by atoms with Crippen LogP contribution < -0.4 is 16.2 Å². The predicted octanol–water partition coefficient (Wildman–Crippen LogP) is 2.16. The van der Waals surface area contributed by atoms with Crippen LogP contribution in [0.4, 0.5) is 15.9 Å². The van der Waals surface area contributed by atoms with Gasteiger partial charge in [-0.25, -0.2) is 9.37 Å². The minimum Gasteiger partial charge on any atom is -0.492 e. The first kappa shape index (κ1) is 17.5. The predicted molar refractivity (Wildman–Crippen MR) is 99.3 cm³/mol. The van der Waals surface area contributed by atoms with Gasteiger partial charge in [0.25, 0.3) is 0 Å². The number of nitrogens with zero attached hydrogens (tertiary/aromatic N) is 5. The number of anilines is 2. The summed E-state index contributed by atoms with van der Waals surface area (Å²) in [6.45, 7) is 1.91. The molecule has 8 nitrogen and oxygen atoms in total. The molecule has 0 spiro atoms. The van der Waals surface area contributed by atoms with Crippen molar-refractivity contribution in [2.24, 2.45) is 14.1 Å². The number of benzene rings is 1. The number of nitrogen functional groups attached to an aromatic ring is 2. The highest BCUT2D eigenvalue weighted by molar-refractivity contribution is 5.85. The van der Waals surface area contributed by atoms with E-state index in [1.807, 2.05) is 26.2 Å². The van der Waals surface area contributed by atoms with Crippen LogP contribution in [0.5, 0.6) is 5.75 Å². The summed E-state index contributed by atoms with van der Waals surface area (Å²) in [5.74, 6) is 0.0901. The second-order valence-corrected chi connectivity index (χ2v) is 5.93. The second kappa shape index (κ2) is 6.51. The fourth-order valence-corrected chi connectivity index (χ4v) is 2.79.